The van der Waals surface area contributed by atoms with Crippen molar-refractivity contribution >= 4 is 45.9 Å². The SMILES string of the molecule is Cn1c(O)c(N=NC(=O)CCSc2ccc(Cl)cc2)c2ccccc21. The van der Waals surface area contributed by atoms with Gasteiger partial charge in [-0.15, -0.1) is 22.0 Å². The summed E-state index contributed by atoms with van der Waals surface area (Å²) in [5.74, 6) is 0.267. The number of aromatic nitrogens is 1. The number of thioether (sulfide) groups is 1. The monoisotopic (exact) mass is 373 g/mol. The van der Waals surface area contributed by atoms with E-state index in [-0.39, 0.29) is 18.2 Å². The van der Waals surface area contributed by atoms with E-state index in [1.165, 1.54) is 0 Å². The van der Waals surface area contributed by atoms with E-state index in [1.54, 1.807) is 23.4 Å². The van der Waals surface area contributed by atoms with Gasteiger partial charge in [0.15, 0.2) is 5.69 Å². The molecule has 0 aliphatic heterocycles. The topological polar surface area (TPSA) is 66.9 Å². The number of aromatic hydroxyl groups is 1. The molecular weight excluding hydrogens is 358 g/mol. The number of azo groups is 1. The molecule has 5 nitrogen and oxygen atoms in total. The summed E-state index contributed by atoms with van der Waals surface area (Å²) in [5, 5.41) is 19.3. The van der Waals surface area contributed by atoms with Gasteiger partial charge in [-0.2, -0.15) is 0 Å². The smallest absolute Gasteiger partial charge is 0.265 e. The number of benzene rings is 2. The number of hydrogen-bond acceptors (Lipinski definition) is 4. The lowest BCUT2D eigenvalue weighted by Crippen LogP contribution is -1.93. The molecule has 2 aromatic carbocycles. The number of carbonyl (C=O) groups excluding carboxylic acids is 1. The Hall–Kier alpha value is -2.31. The summed E-state index contributed by atoms with van der Waals surface area (Å²) in [4.78, 5) is 13.0. The first-order chi connectivity index (χ1) is 12.1. The highest BCUT2D eigenvalue weighted by atomic mass is 35.5. The molecular formula is C18H16ClN3O2S. The molecule has 0 radical (unpaired) electrons. The van der Waals surface area contributed by atoms with E-state index in [0.717, 1.165) is 15.8 Å². The van der Waals surface area contributed by atoms with Crippen LogP contribution in [-0.2, 0) is 11.8 Å². The Bertz CT molecular complexity index is 935. The largest absolute Gasteiger partial charge is 0.493 e. The maximum Gasteiger partial charge on any atom is 0.265 e. The van der Waals surface area contributed by atoms with Crippen LogP contribution in [0.25, 0.3) is 10.9 Å². The average molecular weight is 374 g/mol. The molecule has 7 heteroatoms. The third kappa shape index (κ3) is 4.03. The van der Waals surface area contributed by atoms with Gasteiger partial charge in [-0.3, -0.25) is 4.79 Å². The molecule has 1 amide bonds. The fourth-order valence-electron chi connectivity index (χ4n) is 2.40. The summed E-state index contributed by atoms with van der Waals surface area (Å²) in [5.41, 5.74) is 1.15. The van der Waals surface area contributed by atoms with E-state index in [1.807, 2.05) is 48.5 Å². The molecule has 0 atom stereocenters. The fourth-order valence-corrected chi connectivity index (χ4v) is 3.37. The first kappa shape index (κ1) is 17.5. The van der Waals surface area contributed by atoms with Crippen molar-refractivity contribution in [3.63, 3.8) is 0 Å². The number of fused-ring (bicyclic) bond motifs is 1. The molecule has 0 bridgehead atoms. The zero-order valence-corrected chi connectivity index (χ0v) is 15.1. The van der Waals surface area contributed by atoms with E-state index in [2.05, 4.69) is 10.2 Å². The van der Waals surface area contributed by atoms with Gasteiger partial charge in [-0.25, -0.2) is 0 Å². The van der Waals surface area contributed by atoms with Gasteiger partial charge < -0.3 is 9.67 Å². The normalized spacial score (nSPS) is 11.4. The number of nitrogens with zero attached hydrogens (tertiary/aromatic N) is 3. The van der Waals surface area contributed by atoms with E-state index in [4.69, 9.17) is 11.6 Å². The molecule has 3 aromatic rings. The van der Waals surface area contributed by atoms with Crippen molar-refractivity contribution < 1.29 is 9.90 Å². The van der Waals surface area contributed by atoms with E-state index >= 15 is 0 Å². The second-order valence-corrected chi connectivity index (χ2v) is 7.00. The van der Waals surface area contributed by atoms with Crippen LogP contribution in [-0.4, -0.2) is 21.3 Å². The number of carbonyl (C=O) groups is 1. The van der Waals surface area contributed by atoms with Crippen LogP contribution in [0.5, 0.6) is 5.88 Å². The first-order valence-electron chi connectivity index (χ1n) is 7.65. The quantitative estimate of drug-likeness (QED) is 0.485. The second kappa shape index (κ2) is 7.72. The van der Waals surface area contributed by atoms with Crippen molar-refractivity contribution in [2.75, 3.05) is 5.75 Å². The molecule has 1 heterocycles. The minimum atomic E-state index is -0.325. The summed E-state index contributed by atoms with van der Waals surface area (Å²) in [6.07, 6.45) is 0.266. The highest BCUT2D eigenvalue weighted by Gasteiger charge is 2.14. The van der Waals surface area contributed by atoms with Crippen LogP contribution in [0.2, 0.25) is 5.02 Å². The van der Waals surface area contributed by atoms with Gasteiger partial charge in [0.2, 0.25) is 5.88 Å². The van der Waals surface area contributed by atoms with Gasteiger partial charge in [-0.1, -0.05) is 29.8 Å². The lowest BCUT2D eigenvalue weighted by Gasteiger charge is -1.99. The molecule has 0 fully saturated rings. The molecule has 0 unspecified atom stereocenters. The van der Waals surface area contributed by atoms with Crippen LogP contribution < -0.4 is 0 Å². The highest BCUT2D eigenvalue weighted by molar-refractivity contribution is 7.99. The van der Waals surface area contributed by atoms with Crippen molar-refractivity contribution in [3.05, 3.63) is 53.6 Å². The van der Waals surface area contributed by atoms with E-state index in [9.17, 15) is 9.90 Å². The minimum absolute atomic E-state index is 0.00621. The fraction of sp³-hybridized carbons (Fsp3) is 0.167. The Morgan fingerprint density at radius 1 is 1.20 bits per heavy atom. The van der Waals surface area contributed by atoms with Gasteiger partial charge >= 0.3 is 0 Å². The Morgan fingerprint density at radius 2 is 1.92 bits per heavy atom. The van der Waals surface area contributed by atoms with Crippen LogP contribution in [0.1, 0.15) is 6.42 Å². The number of halogens is 1. The minimum Gasteiger partial charge on any atom is -0.493 e. The zero-order chi connectivity index (χ0) is 17.8. The van der Waals surface area contributed by atoms with Crippen molar-refractivity contribution in [1.29, 1.82) is 0 Å². The molecule has 1 aromatic heterocycles. The Kier molecular flexibility index (Phi) is 5.40. The predicted octanol–water partition coefficient (Wildman–Crippen LogP) is 5.33. The Labute approximate surface area is 154 Å². The molecule has 0 saturated carbocycles. The molecule has 3 rings (SSSR count). The molecule has 0 spiro atoms. The van der Waals surface area contributed by atoms with Gasteiger partial charge in [0.05, 0.1) is 5.52 Å². The average Bonchev–Trinajstić information content (AvgIpc) is 2.86. The maximum atomic E-state index is 11.9. The number of para-hydroxylation sites is 1. The highest BCUT2D eigenvalue weighted by Crippen LogP contribution is 2.37. The van der Waals surface area contributed by atoms with Crippen molar-refractivity contribution in [3.8, 4) is 5.88 Å². The molecule has 0 aliphatic rings. The number of aryl methyl sites for hydroxylation is 1. The molecule has 0 aliphatic carbocycles. The Morgan fingerprint density at radius 3 is 2.68 bits per heavy atom. The molecule has 25 heavy (non-hydrogen) atoms. The predicted molar refractivity (Wildman–Crippen MR) is 101 cm³/mol. The molecule has 1 N–H and O–H groups in total. The summed E-state index contributed by atoms with van der Waals surface area (Å²) < 4.78 is 1.62. The molecule has 0 saturated heterocycles. The van der Waals surface area contributed by atoms with Gasteiger partial charge in [0.25, 0.3) is 5.91 Å². The summed E-state index contributed by atoms with van der Waals surface area (Å²) in [7, 11) is 1.74. The van der Waals surface area contributed by atoms with Crippen LogP contribution in [0.3, 0.4) is 0 Å². The molecule has 128 valence electrons. The third-order valence-corrected chi connectivity index (χ3v) is 4.98. The van der Waals surface area contributed by atoms with Gasteiger partial charge in [0.1, 0.15) is 0 Å². The Balaban J connectivity index is 1.63. The summed E-state index contributed by atoms with van der Waals surface area (Å²) in [6.45, 7) is 0. The zero-order valence-electron chi connectivity index (χ0n) is 13.5. The van der Waals surface area contributed by atoms with E-state index < -0.39 is 0 Å². The first-order valence-corrected chi connectivity index (χ1v) is 9.02. The number of hydrogen-bond donors (Lipinski definition) is 1. The van der Waals surface area contributed by atoms with Gasteiger partial charge in [-0.05, 0) is 30.3 Å². The van der Waals surface area contributed by atoms with E-state index in [0.29, 0.717) is 16.5 Å². The summed E-state index contributed by atoms with van der Waals surface area (Å²) in [6, 6.07) is 14.9. The van der Waals surface area contributed by atoms with Crippen LogP contribution in [0, 0.1) is 0 Å². The van der Waals surface area contributed by atoms with Gasteiger partial charge in [0, 0.05) is 34.5 Å². The maximum absolute atomic E-state index is 11.9. The standard InChI is InChI=1S/C18H16ClN3O2S/c1-22-15-5-3-2-4-14(15)17(18(22)24)21-20-16(23)10-11-25-13-8-6-12(19)7-9-13/h2-9,24H,10-11H2,1H3. The summed E-state index contributed by atoms with van der Waals surface area (Å²) >= 11 is 7.39. The number of rotatable bonds is 5. The van der Waals surface area contributed by atoms with Crippen molar-refractivity contribution in [1.82, 2.24) is 4.57 Å². The third-order valence-electron chi connectivity index (χ3n) is 3.71. The second-order valence-electron chi connectivity index (χ2n) is 5.39. The number of amides is 1. The lowest BCUT2D eigenvalue weighted by molar-refractivity contribution is -0.117. The van der Waals surface area contributed by atoms with Crippen LogP contribution in [0.15, 0.2) is 63.7 Å². The van der Waals surface area contributed by atoms with Crippen molar-refractivity contribution in [2.24, 2.45) is 17.3 Å². The van der Waals surface area contributed by atoms with Crippen molar-refractivity contribution in [2.45, 2.75) is 11.3 Å². The van der Waals surface area contributed by atoms with Crippen LogP contribution >= 0.6 is 23.4 Å². The van der Waals surface area contributed by atoms with Crippen LogP contribution in [0.4, 0.5) is 5.69 Å². The lowest BCUT2D eigenvalue weighted by atomic mass is 10.2.